The smallest absolute Gasteiger partial charge is 0.343 e. The van der Waals surface area contributed by atoms with Gasteiger partial charge in [-0.05, 0) is 35.9 Å². The van der Waals surface area contributed by atoms with Crippen molar-refractivity contribution in [2.24, 2.45) is 0 Å². The summed E-state index contributed by atoms with van der Waals surface area (Å²) in [6, 6.07) is 12.6. The molecule has 0 radical (unpaired) electrons. The molecule has 0 fully saturated rings. The van der Waals surface area contributed by atoms with Gasteiger partial charge < -0.3 is 19.5 Å². The van der Waals surface area contributed by atoms with Crippen molar-refractivity contribution in [3.05, 3.63) is 94.9 Å². The van der Waals surface area contributed by atoms with Crippen LogP contribution in [0.5, 0.6) is 11.8 Å². The van der Waals surface area contributed by atoms with Crippen molar-refractivity contribution in [3.8, 4) is 11.8 Å². The van der Waals surface area contributed by atoms with Gasteiger partial charge in [0.1, 0.15) is 23.7 Å². The second-order valence-electron chi connectivity index (χ2n) is 7.09. The predicted octanol–water partition coefficient (Wildman–Crippen LogP) is 3.87. The molecule has 4 aromatic rings. The molecule has 0 saturated heterocycles. The van der Waals surface area contributed by atoms with Gasteiger partial charge in [0.25, 0.3) is 0 Å². The zero-order chi connectivity index (χ0) is 24.5. The lowest BCUT2D eigenvalue weighted by Crippen LogP contribution is -2.14. The van der Waals surface area contributed by atoms with E-state index in [1.165, 1.54) is 6.20 Å². The Bertz CT molecular complexity index is 1280. The number of ether oxygens (including phenoxy) is 3. The molecule has 178 valence electrons. The number of hydrogen-bond acceptors (Lipinski definition) is 10. The van der Waals surface area contributed by atoms with Gasteiger partial charge >= 0.3 is 12.0 Å². The quantitative estimate of drug-likeness (QED) is 0.326. The normalized spacial score (nSPS) is 10.5. The van der Waals surface area contributed by atoms with E-state index in [-0.39, 0.29) is 30.6 Å². The summed E-state index contributed by atoms with van der Waals surface area (Å²) in [4.78, 5) is 33.6. The Morgan fingerprint density at radius 3 is 2.57 bits per heavy atom. The standard InChI is InChI=1S/C24H21ClN6O4/c1-33-20-7-6-16(11-19(20)25)12-29-22-18(23(32)34-15-21-27-9-4-10-28-21)13-30-24(31-22)35-14-17-5-2-3-8-26-17/h2-11,13H,12,14-15H2,1H3,(H,29,30,31). The number of carbonyl (C=O) groups is 1. The zero-order valence-corrected chi connectivity index (χ0v) is 19.5. The number of esters is 1. The summed E-state index contributed by atoms with van der Waals surface area (Å²) >= 11 is 6.23. The van der Waals surface area contributed by atoms with Crippen molar-refractivity contribution in [2.75, 3.05) is 12.4 Å². The summed E-state index contributed by atoms with van der Waals surface area (Å²) in [5, 5.41) is 3.60. The third kappa shape index (κ3) is 6.61. The van der Waals surface area contributed by atoms with Gasteiger partial charge in [0.2, 0.25) is 0 Å². The molecule has 0 unspecified atom stereocenters. The molecule has 0 aliphatic heterocycles. The summed E-state index contributed by atoms with van der Waals surface area (Å²) in [6.07, 6.45) is 6.15. The van der Waals surface area contributed by atoms with Crippen molar-refractivity contribution in [1.29, 1.82) is 0 Å². The Morgan fingerprint density at radius 1 is 1.00 bits per heavy atom. The highest BCUT2D eigenvalue weighted by Gasteiger charge is 2.18. The van der Waals surface area contributed by atoms with Gasteiger partial charge in [-0.25, -0.2) is 19.7 Å². The van der Waals surface area contributed by atoms with Gasteiger partial charge in [0, 0.05) is 25.1 Å². The van der Waals surface area contributed by atoms with Crippen molar-refractivity contribution in [3.63, 3.8) is 0 Å². The lowest BCUT2D eigenvalue weighted by molar-refractivity contribution is 0.0462. The van der Waals surface area contributed by atoms with E-state index in [0.29, 0.717) is 28.8 Å². The molecule has 1 aromatic carbocycles. The number of hydrogen-bond donors (Lipinski definition) is 1. The molecule has 1 N–H and O–H groups in total. The Morgan fingerprint density at radius 2 is 1.83 bits per heavy atom. The third-order valence-electron chi connectivity index (χ3n) is 4.69. The average molecular weight is 493 g/mol. The van der Waals surface area contributed by atoms with E-state index in [0.717, 1.165) is 5.56 Å². The first-order valence-electron chi connectivity index (χ1n) is 10.5. The molecule has 0 atom stereocenters. The molecule has 0 amide bonds. The lowest BCUT2D eigenvalue weighted by atomic mass is 10.2. The van der Waals surface area contributed by atoms with Gasteiger partial charge in [0.05, 0.1) is 24.0 Å². The second kappa shape index (κ2) is 11.7. The summed E-state index contributed by atoms with van der Waals surface area (Å²) < 4.78 is 16.2. The first kappa shape index (κ1) is 23.8. The number of pyridine rings is 1. The maximum Gasteiger partial charge on any atom is 0.343 e. The van der Waals surface area contributed by atoms with Crippen LogP contribution in [0.1, 0.15) is 27.4 Å². The van der Waals surface area contributed by atoms with Crippen molar-refractivity contribution < 1.29 is 19.0 Å². The molecule has 0 aliphatic rings. The van der Waals surface area contributed by atoms with Crippen LogP contribution in [0, 0.1) is 0 Å². The molecule has 0 saturated carbocycles. The van der Waals surface area contributed by atoms with Crippen LogP contribution < -0.4 is 14.8 Å². The number of halogens is 1. The van der Waals surface area contributed by atoms with E-state index in [2.05, 4.69) is 30.2 Å². The molecule has 4 rings (SSSR count). The van der Waals surface area contributed by atoms with Crippen molar-refractivity contribution in [1.82, 2.24) is 24.9 Å². The Kier molecular flexibility index (Phi) is 7.97. The molecule has 0 aliphatic carbocycles. The Hall–Kier alpha value is -4.31. The van der Waals surface area contributed by atoms with Crippen LogP contribution in [0.2, 0.25) is 5.02 Å². The van der Waals surface area contributed by atoms with Gasteiger partial charge in [-0.3, -0.25) is 4.98 Å². The fourth-order valence-corrected chi connectivity index (χ4v) is 3.24. The number of nitrogens with zero attached hydrogens (tertiary/aromatic N) is 5. The van der Waals surface area contributed by atoms with Crippen LogP contribution >= 0.6 is 11.6 Å². The summed E-state index contributed by atoms with van der Waals surface area (Å²) in [5.74, 6) is 0.542. The van der Waals surface area contributed by atoms with Crippen LogP contribution in [0.3, 0.4) is 0 Å². The number of methoxy groups -OCH3 is 1. The minimum atomic E-state index is -0.635. The molecule has 11 heteroatoms. The van der Waals surface area contributed by atoms with E-state index in [9.17, 15) is 4.79 Å². The van der Waals surface area contributed by atoms with Gasteiger partial charge in [-0.15, -0.1) is 0 Å². The largest absolute Gasteiger partial charge is 0.495 e. The zero-order valence-electron chi connectivity index (χ0n) is 18.7. The van der Waals surface area contributed by atoms with Crippen LogP contribution in [-0.2, 0) is 24.5 Å². The van der Waals surface area contributed by atoms with E-state index in [1.54, 1.807) is 43.9 Å². The highest BCUT2D eigenvalue weighted by molar-refractivity contribution is 6.32. The summed E-state index contributed by atoms with van der Waals surface area (Å²) in [5.41, 5.74) is 1.69. The fraction of sp³-hybridized carbons (Fsp3) is 0.167. The number of nitrogens with one attached hydrogen (secondary N) is 1. The van der Waals surface area contributed by atoms with E-state index in [4.69, 9.17) is 25.8 Å². The minimum absolute atomic E-state index is 0.0776. The molecule has 0 spiro atoms. The monoisotopic (exact) mass is 492 g/mol. The second-order valence-corrected chi connectivity index (χ2v) is 7.50. The topological polar surface area (TPSA) is 121 Å². The molecule has 0 bridgehead atoms. The van der Waals surface area contributed by atoms with Gasteiger partial charge in [-0.2, -0.15) is 4.98 Å². The Balaban J connectivity index is 1.51. The van der Waals surface area contributed by atoms with Crippen molar-refractivity contribution in [2.45, 2.75) is 19.8 Å². The highest BCUT2D eigenvalue weighted by atomic mass is 35.5. The van der Waals surface area contributed by atoms with Gasteiger partial charge in [-0.1, -0.05) is 23.7 Å². The first-order valence-corrected chi connectivity index (χ1v) is 10.9. The predicted molar refractivity (Wildman–Crippen MR) is 127 cm³/mol. The molecule has 10 nitrogen and oxygen atoms in total. The third-order valence-corrected chi connectivity index (χ3v) is 4.99. The number of carbonyl (C=O) groups excluding carboxylic acids is 1. The van der Waals surface area contributed by atoms with Crippen LogP contribution in [0.15, 0.2) is 67.3 Å². The summed E-state index contributed by atoms with van der Waals surface area (Å²) in [6.45, 7) is 0.400. The number of aromatic nitrogens is 5. The molecular weight excluding hydrogens is 472 g/mol. The van der Waals surface area contributed by atoms with E-state index in [1.807, 2.05) is 24.3 Å². The Labute approximate surface area is 206 Å². The number of rotatable bonds is 10. The van der Waals surface area contributed by atoms with Crippen LogP contribution in [-0.4, -0.2) is 38.0 Å². The lowest BCUT2D eigenvalue weighted by Gasteiger charge is -2.13. The molecule has 3 heterocycles. The average Bonchev–Trinajstić information content (AvgIpc) is 2.90. The SMILES string of the molecule is COc1ccc(CNc2nc(OCc3ccccn3)ncc2C(=O)OCc2ncccn2)cc1Cl. The maximum absolute atomic E-state index is 12.8. The number of benzene rings is 1. The van der Waals surface area contributed by atoms with Crippen LogP contribution in [0.25, 0.3) is 0 Å². The minimum Gasteiger partial charge on any atom is -0.495 e. The highest BCUT2D eigenvalue weighted by Crippen LogP contribution is 2.26. The van der Waals surface area contributed by atoms with E-state index >= 15 is 0 Å². The molecular formula is C24H21ClN6O4. The summed E-state index contributed by atoms with van der Waals surface area (Å²) in [7, 11) is 1.55. The fourth-order valence-electron chi connectivity index (χ4n) is 2.96. The maximum atomic E-state index is 12.8. The number of anilines is 1. The van der Waals surface area contributed by atoms with E-state index < -0.39 is 5.97 Å². The first-order chi connectivity index (χ1) is 17.1. The molecule has 35 heavy (non-hydrogen) atoms. The van der Waals surface area contributed by atoms with Crippen molar-refractivity contribution >= 4 is 23.4 Å². The van der Waals surface area contributed by atoms with Crippen LogP contribution in [0.4, 0.5) is 5.82 Å². The van der Waals surface area contributed by atoms with Gasteiger partial charge in [0.15, 0.2) is 12.4 Å². The molecule has 3 aromatic heterocycles.